The summed E-state index contributed by atoms with van der Waals surface area (Å²) in [5.74, 6) is -0.436. The lowest BCUT2D eigenvalue weighted by Gasteiger charge is -2.20. The standard InChI is InChI=1S/C11H20N2O3/c1-4-6-11(16)13(7-9(14)5-2)8-10(15)12-3/h4-8H2,1-3H3,(H,12,15). The Morgan fingerprint density at radius 2 is 1.75 bits per heavy atom. The molecule has 0 saturated carbocycles. The Morgan fingerprint density at radius 3 is 2.19 bits per heavy atom. The number of rotatable bonds is 7. The van der Waals surface area contributed by atoms with Crippen molar-refractivity contribution in [2.24, 2.45) is 0 Å². The lowest BCUT2D eigenvalue weighted by atomic mass is 10.2. The third kappa shape index (κ3) is 5.48. The quantitative estimate of drug-likeness (QED) is 0.683. The van der Waals surface area contributed by atoms with Crippen LogP contribution in [0, 0.1) is 0 Å². The molecule has 0 aliphatic heterocycles. The second-order valence-corrected chi connectivity index (χ2v) is 3.57. The first kappa shape index (κ1) is 14.6. The second kappa shape index (κ2) is 7.84. The number of likely N-dealkylation sites (N-methyl/N-ethyl adjacent to an activating group) is 1. The lowest BCUT2D eigenvalue weighted by Crippen LogP contribution is -2.42. The van der Waals surface area contributed by atoms with Crippen molar-refractivity contribution in [3.63, 3.8) is 0 Å². The van der Waals surface area contributed by atoms with E-state index >= 15 is 0 Å². The summed E-state index contributed by atoms with van der Waals surface area (Å²) in [5.41, 5.74) is 0. The van der Waals surface area contributed by atoms with Gasteiger partial charge in [-0.1, -0.05) is 13.8 Å². The summed E-state index contributed by atoms with van der Waals surface area (Å²) >= 11 is 0. The van der Waals surface area contributed by atoms with Crippen LogP contribution < -0.4 is 5.32 Å². The molecule has 0 aromatic carbocycles. The van der Waals surface area contributed by atoms with Crippen LogP contribution in [0.25, 0.3) is 0 Å². The Hall–Kier alpha value is -1.39. The fraction of sp³-hybridized carbons (Fsp3) is 0.727. The summed E-state index contributed by atoms with van der Waals surface area (Å²) < 4.78 is 0. The van der Waals surface area contributed by atoms with E-state index in [0.29, 0.717) is 19.3 Å². The topological polar surface area (TPSA) is 66.5 Å². The van der Waals surface area contributed by atoms with Gasteiger partial charge >= 0.3 is 0 Å². The number of nitrogens with zero attached hydrogens (tertiary/aromatic N) is 1. The Balaban J connectivity index is 4.43. The predicted octanol–water partition coefficient (Wildman–Crippen LogP) is 0.340. The maximum Gasteiger partial charge on any atom is 0.239 e. The van der Waals surface area contributed by atoms with Gasteiger partial charge in [0.1, 0.15) is 0 Å². The third-order valence-corrected chi connectivity index (χ3v) is 2.19. The minimum atomic E-state index is -0.256. The summed E-state index contributed by atoms with van der Waals surface area (Å²) in [6.45, 7) is 3.62. The van der Waals surface area contributed by atoms with Crippen LogP contribution in [0.3, 0.4) is 0 Å². The van der Waals surface area contributed by atoms with E-state index < -0.39 is 0 Å². The number of carbonyl (C=O) groups excluding carboxylic acids is 3. The summed E-state index contributed by atoms with van der Waals surface area (Å²) in [7, 11) is 1.51. The van der Waals surface area contributed by atoms with Crippen LogP contribution in [0.4, 0.5) is 0 Å². The molecule has 0 aliphatic carbocycles. The van der Waals surface area contributed by atoms with Crippen molar-refractivity contribution < 1.29 is 14.4 Å². The highest BCUT2D eigenvalue weighted by molar-refractivity contribution is 5.89. The normalized spacial score (nSPS) is 9.69. The van der Waals surface area contributed by atoms with Crippen LogP contribution >= 0.6 is 0 Å². The first-order valence-electron chi connectivity index (χ1n) is 5.55. The van der Waals surface area contributed by atoms with Crippen LogP contribution in [0.2, 0.25) is 0 Å². The van der Waals surface area contributed by atoms with E-state index in [1.807, 2.05) is 6.92 Å². The van der Waals surface area contributed by atoms with Crippen molar-refractivity contribution in [1.82, 2.24) is 10.2 Å². The molecule has 0 bridgehead atoms. The molecule has 5 nitrogen and oxygen atoms in total. The highest BCUT2D eigenvalue weighted by Gasteiger charge is 2.17. The third-order valence-electron chi connectivity index (χ3n) is 2.19. The maximum atomic E-state index is 11.6. The van der Waals surface area contributed by atoms with Crippen molar-refractivity contribution in [2.45, 2.75) is 33.1 Å². The number of hydrogen-bond acceptors (Lipinski definition) is 3. The van der Waals surface area contributed by atoms with E-state index in [2.05, 4.69) is 5.32 Å². The monoisotopic (exact) mass is 228 g/mol. The Bertz CT molecular complexity index is 246. The fourth-order valence-electron chi connectivity index (χ4n) is 1.18. The fourth-order valence-corrected chi connectivity index (χ4v) is 1.18. The van der Waals surface area contributed by atoms with Gasteiger partial charge in [0.25, 0.3) is 0 Å². The smallest absolute Gasteiger partial charge is 0.239 e. The maximum absolute atomic E-state index is 11.6. The number of hydrogen-bond donors (Lipinski definition) is 1. The van der Waals surface area contributed by atoms with Crippen LogP contribution in [-0.2, 0) is 14.4 Å². The second-order valence-electron chi connectivity index (χ2n) is 3.57. The van der Waals surface area contributed by atoms with Crippen molar-refractivity contribution in [3.05, 3.63) is 0 Å². The Morgan fingerprint density at radius 1 is 1.12 bits per heavy atom. The molecule has 0 aromatic heterocycles. The highest BCUT2D eigenvalue weighted by Crippen LogP contribution is 1.99. The van der Waals surface area contributed by atoms with Crippen LogP contribution in [-0.4, -0.2) is 42.6 Å². The molecule has 1 N–H and O–H groups in total. The minimum Gasteiger partial charge on any atom is -0.358 e. The summed E-state index contributed by atoms with van der Waals surface area (Å²) in [4.78, 5) is 35.4. The first-order valence-corrected chi connectivity index (χ1v) is 5.55. The minimum absolute atomic E-state index is 0.0305. The van der Waals surface area contributed by atoms with Gasteiger partial charge in [-0.25, -0.2) is 0 Å². The molecule has 5 heteroatoms. The van der Waals surface area contributed by atoms with Gasteiger partial charge in [0, 0.05) is 19.9 Å². The molecular formula is C11H20N2O3. The van der Waals surface area contributed by atoms with E-state index in [9.17, 15) is 14.4 Å². The van der Waals surface area contributed by atoms with Crippen LogP contribution in [0.1, 0.15) is 33.1 Å². The number of amides is 2. The highest BCUT2D eigenvalue weighted by atomic mass is 16.2. The zero-order chi connectivity index (χ0) is 12.6. The van der Waals surface area contributed by atoms with E-state index in [1.54, 1.807) is 6.92 Å². The van der Waals surface area contributed by atoms with Crippen molar-refractivity contribution in [1.29, 1.82) is 0 Å². The van der Waals surface area contributed by atoms with Crippen molar-refractivity contribution >= 4 is 17.6 Å². The molecule has 0 unspecified atom stereocenters. The molecule has 0 atom stereocenters. The van der Waals surface area contributed by atoms with Crippen molar-refractivity contribution in [2.75, 3.05) is 20.1 Å². The largest absolute Gasteiger partial charge is 0.358 e. The van der Waals surface area contributed by atoms with Gasteiger partial charge in [-0.3, -0.25) is 14.4 Å². The average Bonchev–Trinajstić information content (AvgIpc) is 2.27. The summed E-state index contributed by atoms with van der Waals surface area (Å²) in [5, 5.41) is 2.44. The molecule has 0 spiro atoms. The van der Waals surface area contributed by atoms with E-state index in [-0.39, 0.29) is 30.7 Å². The van der Waals surface area contributed by atoms with Crippen molar-refractivity contribution in [3.8, 4) is 0 Å². The molecule has 0 radical (unpaired) electrons. The summed E-state index contributed by atoms with van der Waals surface area (Å²) in [6, 6.07) is 0. The molecule has 0 aliphatic rings. The van der Waals surface area contributed by atoms with Gasteiger partial charge in [0.05, 0.1) is 13.1 Å². The number of Topliss-reactive ketones (excluding diaryl/α,β-unsaturated/α-hetero) is 1. The van der Waals surface area contributed by atoms with Gasteiger partial charge in [-0.15, -0.1) is 0 Å². The van der Waals surface area contributed by atoms with E-state index in [4.69, 9.17) is 0 Å². The zero-order valence-corrected chi connectivity index (χ0v) is 10.2. The first-order chi connectivity index (χ1) is 7.54. The molecule has 0 fully saturated rings. The van der Waals surface area contributed by atoms with Crippen LogP contribution in [0.15, 0.2) is 0 Å². The van der Waals surface area contributed by atoms with E-state index in [0.717, 1.165) is 0 Å². The SMILES string of the molecule is CCCC(=O)N(CC(=O)CC)CC(=O)NC. The van der Waals surface area contributed by atoms with Gasteiger partial charge in [-0.2, -0.15) is 0 Å². The van der Waals surface area contributed by atoms with Gasteiger partial charge in [0.2, 0.25) is 11.8 Å². The van der Waals surface area contributed by atoms with Crippen LogP contribution in [0.5, 0.6) is 0 Å². The molecule has 92 valence electrons. The molecule has 0 heterocycles. The number of ketones is 1. The molecular weight excluding hydrogens is 208 g/mol. The number of nitrogens with one attached hydrogen (secondary N) is 1. The molecule has 16 heavy (non-hydrogen) atoms. The van der Waals surface area contributed by atoms with Gasteiger partial charge in [0.15, 0.2) is 5.78 Å². The number of carbonyl (C=O) groups is 3. The molecule has 2 amide bonds. The zero-order valence-electron chi connectivity index (χ0n) is 10.2. The van der Waals surface area contributed by atoms with Gasteiger partial charge < -0.3 is 10.2 Å². The van der Waals surface area contributed by atoms with Gasteiger partial charge in [-0.05, 0) is 6.42 Å². The Labute approximate surface area is 96.2 Å². The summed E-state index contributed by atoms with van der Waals surface area (Å²) in [6.07, 6.45) is 1.46. The average molecular weight is 228 g/mol. The predicted molar refractivity (Wildman–Crippen MR) is 60.9 cm³/mol. The molecule has 0 rings (SSSR count). The Kier molecular flexibility index (Phi) is 7.16. The molecule has 0 saturated heterocycles. The molecule has 0 aromatic rings. The lowest BCUT2D eigenvalue weighted by molar-refractivity contribution is -0.138. The van der Waals surface area contributed by atoms with E-state index in [1.165, 1.54) is 11.9 Å².